The maximum absolute atomic E-state index is 12.7. The zero-order valence-electron chi connectivity index (χ0n) is 13.0. The smallest absolute Gasteiger partial charge is 0.294 e. The molecule has 8 heteroatoms. The average Bonchev–Trinajstić information content (AvgIpc) is 3.30. The van der Waals surface area contributed by atoms with Gasteiger partial charge in [-0.2, -0.15) is 0 Å². The number of carbonyl (C=O) groups excluding carboxylic acids is 1. The molecule has 8 nitrogen and oxygen atoms in total. The van der Waals surface area contributed by atoms with Gasteiger partial charge >= 0.3 is 0 Å². The Hall–Kier alpha value is -2.74. The van der Waals surface area contributed by atoms with Crippen LogP contribution in [0.4, 0.5) is 5.69 Å². The molecule has 1 amide bonds. The predicted octanol–water partition coefficient (Wildman–Crippen LogP) is 1.07. The maximum atomic E-state index is 12.7. The van der Waals surface area contributed by atoms with E-state index in [1.54, 1.807) is 29.1 Å². The number of nitro groups is 1. The van der Waals surface area contributed by atoms with Crippen LogP contribution in [-0.4, -0.2) is 51.5 Å². The van der Waals surface area contributed by atoms with Gasteiger partial charge in [-0.25, -0.2) is 4.98 Å². The molecule has 0 aliphatic carbocycles. The van der Waals surface area contributed by atoms with Crippen molar-refractivity contribution in [1.29, 1.82) is 0 Å². The first-order valence-corrected chi connectivity index (χ1v) is 7.90. The largest absolute Gasteiger partial charge is 0.338 e. The fourth-order valence-electron chi connectivity index (χ4n) is 3.63. The summed E-state index contributed by atoms with van der Waals surface area (Å²) in [5.41, 5.74) is 0.662. The first kappa shape index (κ1) is 14.8. The van der Waals surface area contributed by atoms with Crippen LogP contribution in [0.15, 0.2) is 36.9 Å². The molecular weight excluding hydrogens is 310 g/mol. The monoisotopic (exact) mass is 327 g/mol. The number of imidazole rings is 1. The number of likely N-dealkylation sites (tertiary alicyclic amines) is 1. The molecule has 3 heterocycles. The summed E-state index contributed by atoms with van der Waals surface area (Å²) in [5.74, 6) is 0.855. The van der Waals surface area contributed by atoms with E-state index in [0.717, 1.165) is 13.1 Å². The van der Waals surface area contributed by atoms with Crippen LogP contribution in [0.25, 0.3) is 5.69 Å². The highest BCUT2D eigenvalue weighted by Gasteiger charge is 2.38. The zero-order chi connectivity index (χ0) is 16.7. The normalized spacial score (nSPS) is 22.6. The molecule has 2 saturated heterocycles. The summed E-state index contributed by atoms with van der Waals surface area (Å²) in [4.78, 5) is 29.4. The Morgan fingerprint density at radius 2 is 2.04 bits per heavy atom. The van der Waals surface area contributed by atoms with Gasteiger partial charge in [0.15, 0.2) is 0 Å². The predicted molar refractivity (Wildman–Crippen MR) is 86.0 cm³/mol. The van der Waals surface area contributed by atoms with Crippen LogP contribution in [0.5, 0.6) is 0 Å². The number of amides is 1. The third-order valence-electron chi connectivity index (χ3n) is 4.88. The van der Waals surface area contributed by atoms with E-state index in [9.17, 15) is 14.9 Å². The van der Waals surface area contributed by atoms with Crippen LogP contribution >= 0.6 is 0 Å². The number of nitrogens with one attached hydrogen (secondary N) is 1. The molecule has 0 unspecified atom stereocenters. The molecule has 0 spiro atoms. The van der Waals surface area contributed by atoms with Gasteiger partial charge in [0.25, 0.3) is 11.6 Å². The first-order valence-electron chi connectivity index (χ1n) is 7.90. The number of hydrogen-bond donors (Lipinski definition) is 1. The number of hydrogen-bond acceptors (Lipinski definition) is 5. The van der Waals surface area contributed by atoms with E-state index in [1.165, 1.54) is 12.4 Å². The first-order chi connectivity index (χ1) is 11.6. The number of nitro benzene ring substituents is 1. The maximum Gasteiger partial charge on any atom is 0.294 e. The molecule has 2 aromatic rings. The lowest BCUT2D eigenvalue weighted by Gasteiger charge is -2.17. The van der Waals surface area contributed by atoms with Crippen molar-refractivity contribution in [2.75, 3.05) is 26.2 Å². The lowest BCUT2D eigenvalue weighted by atomic mass is 10.0. The van der Waals surface area contributed by atoms with E-state index in [-0.39, 0.29) is 11.6 Å². The number of nitrogens with zero attached hydrogens (tertiary/aromatic N) is 4. The molecule has 1 aromatic carbocycles. The van der Waals surface area contributed by atoms with Crippen LogP contribution in [0.2, 0.25) is 0 Å². The molecule has 0 radical (unpaired) electrons. The molecule has 2 aliphatic heterocycles. The Bertz CT molecular complexity index is 777. The Labute approximate surface area is 138 Å². The number of fused-ring (bicyclic) bond motifs is 1. The number of aromatic nitrogens is 2. The Balaban J connectivity index is 1.63. The fraction of sp³-hybridized carbons (Fsp3) is 0.375. The van der Waals surface area contributed by atoms with E-state index < -0.39 is 4.92 Å². The van der Waals surface area contributed by atoms with Gasteiger partial charge in [-0.1, -0.05) is 0 Å². The minimum absolute atomic E-state index is 0.0973. The van der Waals surface area contributed by atoms with E-state index in [1.807, 2.05) is 4.90 Å². The zero-order valence-corrected chi connectivity index (χ0v) is 13.0. The van der Waals surface area contributed by atoms with Gasteiger partial charge in [-0.05, 0) is 24.0 Å². The van der Waals surface area contributed by atoms with Crippen molar-refractivity contribution in [3.05, 3.63) is 52.6 Å². The summed E-state index contributed by atoms with van der Waals surface area (Å²) in [6.07, 6.45) is 4.69. The lowest BCUT2D eigenvalue weighted by molar-refractivity contribution is -0.384. The summed E-state index contributed by atoms with van der Waals surface area (Å²) in [6.45, 7) is 3.31. The molecule has 1 aromatic heterocycles. The molecule has 2 atom stereocenters. The highest BCUT2D eigenvalue weighted by molar-refractivity contribution is 5.95. The Morgan fingerprint density at radius 1 is 1.29 bits per heavy atom. The highest BCUT2D eigenvalue weighted by Crippen LogP contribution is 2.29. The Kier molecular flexibility index (Phi) is 3.53. The standard InChI is InChI=1S/C16H17N5O3/c22-16(20-8-12-6-18-7-13(12)9-20)11-1-2-14(15(5-11)21(23)24)19-4-3-17-10-19/h1-5,10,12-13,18H,6-9H2/t12-,13+. The van der Waals surface area contributed by atoms with Gasteiger partial charge < -0.3 is 14.8 Å². The van der Waals surface area contributed by atoms with Crippen LogP contribution in [0.1, 0.15) is 10.4 Å². The SMILES string of the molecule is O=C(c1ccc(-n2ccnc2)c([N+](=O)[O-])c1)N1C[C@H]2CNC[C@H]2C1. The molecule has 24 heavy (non-hydrogen) atoms. The van der Waals surface area contributed by atoms with Crippen molar-refractivity contribution in [3.8, 4) is 5.69 Å². The quantitative estimate of drug-likeness (QED) is 0.672. The summed E-state index contributed by atoms with van der Waals surface area (Å²) >= 11 is 0. The van der Waals surface area contributed by atoms with Gasteiger partial charge in [0, 0.05) is 50.2 Å². The van der Waals surface area contributed by atoms with Gasteiger partial charge in [0.2, 0.25) is 0 Å². The van der Waals surface area contributed by atoms with E-state index in [2.05, 4.69) is 10.3 Å². The summed E-state index contributed by atoms with van der Waals surface area (Å²) in [7, 11) is 0. The number of benzene rings is 1. The van der Waals surface area contributed by atoms with Crippen molar-refractivity contribution >= 4 is 11.6 Å². The summed E-state index contributed by atoms with van der Waals surface area (Å²) in [5, 5.41) is 14.7. The van der Waals surface area contributed by atoms with Crippen LogP contribution in [-0.2, 0) is 0 Å². The third-order valence-corrected chi connectivity index (χ3v) is 4.88. The van der Waals surface area contributed by atoms with Gasteiger partial charge in [0.1, 0.15) is 5.69 Å². The molecule has 124 valence electrons. The van der Waals surface area contributed by atoms with Crippen LogP contribution < -0.4 is 5.32 Å². The molecule has 4 rings (SSSR count). The van der Waals surface area contributed by atoms with E-state index in [0.29, 0.717) is 36.2 Å². The second-order valence-electron chi connectivity index (χ2n) is 6.32. The van der Waals surface area contributed by atoms with Crippen molar-refractivity contribution in [2.45, 2.75) is 0 Å². The van der Waals surface area contributed by atoms with Crippen molar-refractivity contribution < 1.29 is 9.72 Å². The Morgan fingerprint density at radius 3 is 2.67 bits per heavy atom. The minimum atomic E-state index is -0.464. The third kappa shape index (κ3) is 2.44. The van der Waals surface area contributed by atoms with E-state index in [4.69, 9.17) is 0 Å². The number of carbonyl (C=O) groups is 1. The molecule has 1 N–H and O–H groups in total. The fourth-order valence-corrected chi connectivity index (χ4v) is 3.63. The van der Waals surface area contributed by atoms with Crippen molar-refractivity contribution in [3.63, 3.8) is 0 Å². The van der Waals surface area contributed by atoms with Gasteiger partial charge in [-0.3, -0.25) is 14.9 Å². The number of rotatable bonds is 3. The molecule has 2 fully saturated rings. The molecular formula is C16H17N5O3. The van der Waals surface area contributed by atoms with Crippen molar-refractivity contribution in [2.24, 2.45) is 11.8 Å². The minimum Gasteiger partial charge on any atom is -0.338 e. The summed E-state index contributed by atoms with van der Waals surface area (Å²) < 4.78 is 1.57. The second-order valence-corrected chi connectivity index (χ2v) is 6.32. The van der Waals surface area contributed by atoms with E-state index >= 15 is 0 Å². The summed E-state index contributed by atoms with van der Waals surface area (Å²) in [6, 6.07) is 4.62. The van der Waals surface area contributed by atoms with Crippen LogP contribution in [0.3, 0.4) is 0 Å². The molecule has 2 aliphatic rings. The topological polar surface area (TPSA) is 93.3 Å². The van der Waals surface area contributed by atoms with Crippen LogP contribution in [0, 0.1) is 22.0 Å². The second kappa shape index (κ2) is 5.72. The lowest BCUT2D eigenvalue weighted by Crippen LogP contribution is -2.31. The molecule has 0 bridgehead atoms. The van der Waals surface area contributed by atoms with Gasteiger partial charge in [0.05, 0.1) is 11.3 Å². The molecule has 0 saturated carbocycles. The van der Waals surface area contributed by atoms with Crippen molar-refractivity contribution in [1.82, 2.24) is 19.8 Å². The average molecular weight is 327 g/mol. The van der Waals surface area contributed by atoms with Gasteiger partial charge in [-0.15, -0.1) is 0 Å². The highest BCUT2D eigenvalue weighted by atomic mass is 16.6.